The van der Waals surface area contributed by atoms with Gasteiger partial charge in [-0.15, -0.1) is 0 Å². The number of aliphatic hydroxyl groups excluding tert-OH is 1. The Kier molecular flexibility index (Phi) is 4.02. The Morgan fingerprint density at radius 3 is 2.32 bits per heavy atom. The van der Waals surface area contributed by atoms with Crippen molar-refractivity contribution in [1.29, 1.82) is 0 Å². The van der Waals surface area contributed by atoms with E-state index in [9.17, 15) is 8.78 Å². The lowest BCUT2D eigenvalue weighted by atomic mass is 10.2. The minimum absolute atomic E-state index is 0.136. The molecule has 0 aromatic heterocycles. The molecule has 0 amide bonds. The van der Waals surface area contributed by atoms with Crippen LogP contribution >= 0.6 is 11.6 Å². The van der Waals surface area contributed by atoms with Crippen LogP contribution in [0.25, 0.3) is 0 Å². The molecule has 2 aromatic rings. The van der Waals surface area contributed by atoms with Crippen LogP contribution in [0.15, 0.2) is 30.3 Å². The third kappa shape index (κ3) is 3.03. The van der Waals surface area contributed by atoms with Crippen molar-refractivity contribution in [2.24, 2.45) is 0 Å². The molecule has 5 heteroatoms. The first-order valence-electron chi connectivity index (χ1n) is 5.54. The van der Waals surface area contributed by atoms with E-state index in [2.05, 4.69) is 0 Å². The molecule has 0 aliphatic carbocycles. The van der Waals surface area contributed by atoms with Crippen molar-refractivity contribution >= 4 is 11.6 Å². The molecule has 0 saturated carbocycles. The molecule has 0 unspecified atom stereocenters. The normalized spacial score (nSPS) is 10.6. The molecule has 2 rings (SSSR count). The summed E-state index contributed by atoms with van der Waals surface area (Å²) in [5, 5.41) is 9.12. The molecule has 0 heterocycles. The molecule has 100 valence electrons. The van der Waals surface area contributed by atoms with E-state index >= 15 is 0 Å². The third-order valence-corrected chi connectivity index (χ3v) is 2.84. The molecule has 0 radical (unpaired) electrons. The van der Waals surface area contributed by atoms with Gasteiger partial charge in [-0.25, -0.2) is 8.78 Å². The van der Waals surface area contributed by atoms with Crippen LogP contribution in [0.1, 0.15) is 11.1 Å². The molecule has 0 atom stereocenters. The van der Waals surface area contributed by atoms with E-state index in [-0.39, 0.29) is 16.3 Å². The van der Waals surface area contributed by atoms with Gasteiger partial charge >= 0.3 is 0 Å². The number of hydrogen-bond donors (Lipinski definition) is 1. The summed E-state index contributed by atoms with van der Waals surface area (Å²) < 4.78 is 32.5. The summed E-state index contributed by atoms with van der Waals surface area (Å²) in [5.74, 6) is -2.15. The quantitative estimate of drug-likeness (QED) is 0.915. The van der Waals surface area contributed by atoms with E-state index < -0.39 is 24.0 Å². The zero-order valence-corrected chi connectivity index (χ0v) is 10.8. The first-order valence-corrected chi connectivity index (χ1v) is 5.92. The second-order valence-electron chi connectivity index (χ2n) is 4.08. The van der Waals surface area contributed by atoms with Gasteiger partial charge in [0, 0.05) is 0 Å². The van der Waals surface area contributed by atoms with Crippen LogP contribution in [0.3, 0.4) is 0 Å². The Bertz CT molecular complexity index is 591. The predicted octanol–water partition coefficient (Wildman–Crippen LogP) is 4.21. The van der Waals surface area contributed by atoms with Crippen molar-refractivity contribution in [1.82, 2.24) is 0 Å². The highest BCUT2D eigenvalue weighted by Crippen LogP contribution is 2.33. The Morgan fingerprint density at radius 2 is 1.79 bits per heavy atom. The smallest absolute Gasteiger partial charge is 0.198 e. The van der Waals surface area contributed by atoms with Crippen molar-refractivity contribution in [2.45, 2.75) is 13.5 Å². The topological polar surface area (TPSA) is 29.5 Å². The van der Waals surface area contributed by atoms with Crippen molar-refractivity contribution in [3.05, 3.63) is 58.1 Å². The van der Waals surface area contributed by atoms with Gasteiger partial charge in [0.2, 0.25) is 0 Å². The van der Waals surface area contributed by atoms with E-state index in [4.69, 9.17) is 21.4 Å². The summed E-state index contributed by atoms with van der Waals surface area (Å²) in [6.45, 7) is 1.40. The Labute approximate surface area is 114 Å². The molecule has 0 spiro atoms. The van der Waals surface area contributed by atoms with Crippen molar-refractivity contribution < 1.29 is 18.6 Å². The van der Waals surface area contributed by atoms with Crippen LogP contribution in [0.4, 0.5) is 8.78 Å². The summed E-state index contributed by atoms with van der Waals surface area (Å²) in [7, 11) is 0. The van der Waals surface area contributed by atoms with Gasteiger partial charge in [-0.2, -0.15) is 0 Å². The van der Waals surface area contributed by atoms with Gasteiger partial charge in [0.15, 0.2) is 17.4 Å². The number of rotatable bonds is 3. The average Bonchev–Trinajstić information content (AvgIpc) is 2.35. The van der Waals surface area contributed by atoms with Gasteiger partial charge in [0.1, 0.15) is 5.75 Å². The van der Waals surface area contributed by atoms with E-state index in [1.807, 2.05) is 6.92 Å². The molecular weight excluding hydrogens is 274 g/mol. The maximum absolute atomic E-state index is 13.7. The van der Waals surface area contributed by atoms with Gasteiger partial charge in [-0.1, -0.05) is 17.7 Å². The van der Waals surface area contributed by atoms with E-state index in [0.717, 1.165) is 17.7 Å². The number of aryl methyl sites for hydroxylation is 1. The molecule has 1 N–H and O–H groups in total. The Hall–Kier alpha value is -1.65. The Morgan fingerprint density at radius 1 is 1.16 bits per heavy atom. The highest BCUT2D eigenvalue weighted by Gasteiger charge is 2.15. The summed E-state index contributed by atoms with van der Waals surface area (Å²) in [5.41, 5.74) is 1.05. The fraction of sp³-hybridized carbons (Fsp3) is 0.143. The van der Waals surface area contributed by atoms with E-state index in [1.54, 1.807) is 12.1 Å². The molecule has 0 fully saturated rings. The number of benzene rings is 2. The first-order chi connectivity index (χ1) is 9.01. The zero-order valence-electron chi connectivity index (χ0n) is 10.1. The van der Waals surface area contributed by atoms with E-state index in [1.165, 1.54) is 6.07 Å². The molecule has 0 bridgehead atoms. The molecule has 0 aliphatic heterocycles. The van der Waals surface area contributed by atoms with Gasteiger partial charge < -0.3 is 9.84 Å². The largest absolute Gasteiger partial charge is 0.450 e. The number of hydrogen-bond acceptors (Lipinski definition) is 2. The Balaban J connectivity index is 2.38. The maximum Gasteiger partial charge on any atom is 0.198 e. The van der Waals surface area contributed by atoms with Crippen molar-refractivity contribution in [2.75, 3.05) is 0 Å². The molecule has 0 saturated heterocycles. The van der Waals surface area contributed by atoms with Crippen LogP contribution in [0.2, 0.25) is 5.02 Å². The minimum Gasteiger partial charge on any atom is -0.450 e. The first kappa shape index (κ1) is 13.8. The zero-order chi connectivity index (χ0) is 14.0. The SMILES string of the molecule is Cc1ccc(Oc2c(F)cc(CO)cc2F)c(Cl)c1. The van der Waals surface area contributed by atoms with Gasteiger partial charge in [0.25, 0.3) is 0 Å². The van der Waals surface area contributed by atoms with Crippen LogP contribution < -0.4 is 4.74 Å². The summed E-state index contributed by atoms with van der Waals surface area (Å²) in [4.78, 5) is 0. The second kappa shape index (κ2) is 5.55. The van der Waals surface area contributed by atoms with Gasteiger partial charge in [0.05, 0.1) is 11.6 Å². The fourth-order valence-corrected chi connectivity index (χ4v) is 1.87. The maximum atomic E-state index is 13.7. The van der Waals surface area contributed by atoms with Gasteiger partial charge in [-0.05, 0) is 42.3 Å². The molecule has 2 nitrogen and oxygen atoms in total. The second-order valence-corrected chi connectivity index (χ2v) is 4.49. The van der Waals surface area contributed by atoms with Crippen molar-refractivity contribution in [3.63, 3.8) is 0 Å². The average molecular weight is 285 g/mol. The molecular formula is C14H11ClF2O2. The van der Waals surface area contributed by atoms with Crippen LogP contribution in [-0.2, 0) is 6.61 Å². The molecule has 0 aliphatic rings. The fourth-order valence-electron chi connectivity index (χ4n) is 1.60. The predicted molar refractivity (Wildman–Crippen MR) is 68.5 cm³/mol. The third-order valence-electron chi connectivity index (χ3n) is 2.54. The number of halogens is 3. The van der Waals surface area contributed by atoms with Crippen molar-refractivity contribution in [3.8, 4) is 11.5 Å². The monoisotopic (exact) mass is 284 g/mol. The van der Waals surface area contributed by atoms with Crippen LogP contribution in [0, 0.1) is 18.6 Å². The lowest BCUT2D eigenvalue weighted by Crippen LogP contribution is -1.96. The number of aliphatic hydroxyl groups is 1. The lowest BCUT2D eigenvalue weighted by Gasteiger charge is -2.10. The summed E-state index contributed by atoms with van der Waals surface area (Å²) in [6.07, 6.45) is 0. The van der Waals surface area contributed by atoms with E-state index in [0.29, 0.717) is 0 Å². The standard InChI is InChI=1S/C14H11ClF2O2/c1-8-2-3-13(10(15)4-8)19-14-11(16)5-9(7-18)6-12(14)17/h2-6,18H,7H2,1H3. The van der Waals surface area contributed by atoms with Crippen LogP contribution in [-0.4, -0.2) is 5.11 Å². The highest BCUT2D eigenvalue weighted by atomic mass is 35.5. The van der Waals surface area contributed by atoms with Gasteiger partial charge in [-0.3, -0.25) is 0 Å². The lowest BCUT2D eigenvalue weighted by molar-refractivity contribution is 0.279. The summed E-state index contributed by atoms with van der Waals surface area (Å²) >= 11 is 5.93. The van der Waals surface area contributed by atoms with Crippen LogP contribution in [0.5, 0.6) is 11.5 Å². The molecule has 19 heavy (non-hydrogen) atoms. The number of ether oxygens (including phenoxy) is 1. The highest BCUT2D eigenvalue weighted by molar-refractivity contribution is 6.32. The minimum atomic E-state index is -0.888. The summed E-state index contributed by atoms with van der Waals surface area (Å²) in [6, 6.07) is 6.92. The molecule has 2 aromatic carbocycles.